The van der Waals surface area contributed by atoms with Gasteiger partial charge in [-0.15, -0.1) is 0 Å². The van der Waals surface area contributed by atoms with Crippen LogP contribution in [-0.4, -0.2) is 38.2 Å². The van der Waals surface area contributed by atoms with Crippen molar-refractivity contribution < 1.29 is 9.59 Å². The molecule has 0 bridgehead atoms. The molecule has 2 aromatic heterocycles. The average molecular weight is 487 g/mol. The predicted molar refractivity (Wildman–Crippen MR) is 137 cm³/mol. The van der Waals surface area contributed by atoms with Gasteiger partial charge >= 0.3 is 0 Å². The molecule has 0 spiro atoms. The van der Waals surface area contributed by atoms with Crippen molar-refractivity contribution in [1.82, 2.24) is 25.6 Å². The summed E-state index contributed by atoms with van der Waals surface area (Å²) in [5, 5.41) is 9.06. The lowest BCUT2D eigenvalue weighted by Crippen LogP contribution is -2.37. The van der Waals surface area contributed by atoms with Crippen LogP contribution in [0.25, 0.3) is 17.2 Å². The molecule has 3 heterocycles. The van der Waals surface area contributed by atoms with Gasteiger partial charge in [-0.1, -0.05) is 24.3 Å². The fraction of sp³-hybridized carbons (Fsp3) is 0.269. The Morgan fingerprint density at radius 2 is 1.74 bits per heavy atom. The molecule has 2 fully saturated rings. The topological polar surface area (TPSA) is 109 Å². The summed E-state index contributed by atoms with van der Waals surface area (Å²) in [4.78, 5) is 36.4. The second kappa shape index (κ2) is 10.8. The van der Waals surface area contributed by atoms with Crippen LogP contribution in [0.1, 0.15) is 36.9 Å². The van der Waals surface area contributed by atoms with Crippen molar-refractivity contribution in [3.05, 3.63) is 77.2 Å². The Labute approximate surface area is 208 Å². The number of rotatable bonds is 7. The summed E-state index contributed by atoms with van der Waals surface area (Å²) >= 11 is 0.884. The van der Waals surface area contributed by atoms with Crippen LogP contribution in [0.2, 0.25) is 0 Å². The number of thioether (sulfide) groups is 1. The van der Waals surface area contributed by atoms with Crippen LogP contribution in [0.4, 0.5) is 10.7 Å². The highest BCUT2D eigenvalue weighted by Crippen LogP contribution is 2.27. The Morgan fingerprint density at radius 3 is 2.51 bits per heavy atom. The van der Waals surface area contributed by atoms with Crippen molar-refractivity contribution in [2.45, 2.75) is 44.3 Å². The lowest BCUT2D eigenvalue weighted by atomic mass is 9.91. The van der Waals surface area contributed by atoms with Gasteiger partial charge in [0.2, 0.25) is 5.95 Å². The molecule has 5 rings (SSSR count). The maximum absolute atomic E-state index is 11.8. The largest absolute Gasteiger partial charge is 0.351 e. The fourth-order valence-corrected chi connectivity index (χ4v) is 5.11. The quantitative estimate of drug-likeness (QED) is 0.422. The van der Waals surface area contributed by atoms with E-state index in [1.165, 1.54) is 16.7 Å². The number of hydrogen-bond donors (Lipinski definition) is 3. The minimum absolute atomic E-state index is 0.297. The van der Waals surface area contributed by atoms with Crippen molar-refractivity contribution in [2.75, 3.05) is 5.32 Å². The van der Waals surface area contributed by atoms with E-state index < -0.39 is 0 Å². The van der Waals surface area contributed by atoms with Gasteiger partial charge < -0.3 is 10.6 Å². The molecule has 2 aliphatic rings. The number of nitrogens with zero attached hydrogens (tertiary/aromatic N) is 3. The molecule has 0 unspecified atom stereocenters. The Hall–Kier alpha value is -3.56. The lowest BCUT2D eigenvalue weighted by Gasteiger charge is -2.30. The second-order valence-corrected chi connectivity index (χ2v) is 9.64. The Balaban J connectivity index is 1.14. The number of anilines is 1. The molecule has 35 heavy (non-hydrogen) atoms. The molecule has 178 valence electrons. The molecule has 1 saturated heterocycles. The summed E-state index contributed by atoms with van der Waals surface area (Å²) in [6.45, 7) is 0.829. The van der Waals surface area contributed by atoms with Crippen molar-refractivity contribution >= 4 is 34.9 Å². The lowest BCUT2D eigenvalue weighted by molar-refractivity contribution is -0.115. The van der Waals surface area contributed by atoms with Gasteiger partial charge in [0.05, 0.1) is 10.6 Å². The van der Waals surface area contributed by atoms with E-state index >= 15 is 0 Å². The monoisotopic (exact) mass is 486 g/mol. The Bertz CT molecular complexity index is 1240. The maximum atomic E-state index is 11.8. The first-order valence-corrected chi connectivity index (χ1v) is 12.5. The van der Waals surface area contributed by atoms with E-state index in [0.29, 0.717) is 28.6 Å². The van der Waals surface area contributed by atoms with E-state index in [1.54, 1.807) is 18.3 Å². The minimum Gasteiger partial charge on any atom is -0.351 e. The molecule has 1 aromatic carbocycles. The number of carbonyl (C=O) groups excluding carboxylic acids is 2. The first-order chi connectivity index (χ1) is 17.1. The summed E-state index contributed by atoms with van der Waals surface area (Å²) in [5.41, 5.74) is 4.30. The second-order valence-electron chi connectivity index (χ2n) is 8.62. The molecule has 0 atom stereocenters. The first kappa shape index (κ1) is 23.2. The van der Waals surface area contributed by atoms with Gasteiger partial charge in [-0.25, -0.2) is 9.97 Å². The van der Waals surface area contributed by atoms with E-state index in [-0.39, 0.29) is 11.1 Å². The van der Waals surface area contributed by atoms with E-state index in [0.717, 1.165) is 44.0 Å². The van der Waals surface area contributed by atoms with Crippen molar-refractivity contribution in [2.24, 2.45) is 0 Å². The van der Waals surface area contributed by atoms with Gasteiger partial charge in [0.25, 0.3) is 11.1 Å². The molecule has 2 amide bonds. The van der Waals surface area contributed by atoms with Crippen LogP contribution < -0.4 is 16.0 Å². The van der Waals surface area contributed by atoms with Crippen molar-refractivity contribution in [1.29, 1.82) is 0 Å². The number of amides is 2. The standard InChI is InChI=1S/C26H26N6O2S/c33-24-23(35-26(34)32-24)15-21-11-14-28-25(31-21)30-20-7-5-19(6-8-20)29-16-18-3-1-2-4-22(18)17-9-12-27-13-10-17/h1-4,9-15,19-20,29H,5-8,16H2,(H,28,30,31)(H,32,33,34)/b23-15+. The molecule has 0 radical (unpaired) electrons. The van der Waals surface area contributed by atoms with Crippen molar-refractivity contribution in [3.63, 3.8) is 0 Å². The zero-order chi connectivity index (χ0) is 24.0. The summed E-state index contributed by atoms with van der Waals surface area (Å²) < 4.78 is 0. The molecule has 9 heteroatoms. The Kier molecular flexibility index (Phi) is 7.15. The molecule has 1 saturated carbocycles. The van der Waals surface area contributed by atoms with Crippen LogP contribution in [0.3, 0.4) is 0 Å². The average Bonchev–Trinajstić information content (AvgIpc) is 3.20. The van der Waals surface area contributed by atoms with Gasteiger partial charge in [-0.3, -0.25) is 19.9 Å². The summed E-state index contributed by atoms with van der Waals surface area (Å²) in [7, 11) is 0. The highest BCUT2D eigenvalue weighted by Gasteiger charge is 2.25. The van der Waals surface area contributed by atoms with Crippen molar-refractivity contribution in [3.8, 4) is 11.1 Å². The number of carbonyl (C=O) groups is 2. The predicted octanol–water partition coefficient (Wildman–Crippen LogP) is 4.38. The maximum Gasteiger partial charge on any atom is 0.290 e. The van der Waals surface area contributed by atoms with Crippen LogP contribution >= 0.6 is 11.8 Å². The van der Waals surface area contributed by atoms with E-state index in [9.17, 15) is 9.59 Å². The van der Waals surface area contributed by atoms with Gasteiger partial charge in [0, 0.05) is 37.2 Å². The zero-order valence-corrected chi connectivity index (χ0v) is 19.9. The number of aromatic nitrogens is 3. The third kappa shape index (κ3) is 5.93. The smallest absolute Gasteiger partial charge is 0.290 e. The summed E-state index contributed by atoms with van der Waals surface area (Å²) in [5.74, 6) is 0.152. The third-order valence-corrected chi connectivity index (χ3v) is 7.06. The number of hydrogen-bond acceptors (Lipinski definition) is 8. The number of imide groups is 1. The van der Waals surface area contributed by atoms with Gasteiger partial charge in [0.15, 0.2) is 0 Å². The molecule has 1 aliphatic heterocycles. The Morgan fingerprint density at radius 1 is 0.971 bits per heavy atom. The normalized spacial score (nSPS) is 21.2. The zero-order valence-electron chi connectivity index (χ0n) is 19.1. The van der Waals surface area contributed by atoms with Crippen LogP contribution in [0, 0.1) is 0 Å². The number of nitrogens with one attached hydrogen (secondary N) is 3. The number of pyridine rings is 1. The van der Waals surface area contributed by atoms with Crippen LogP contribution in [0.5, 0.6) is 0 Å². The molecule has 3 aromatic rings. The molecule has 1 aliphatic carbocycles. The van der Waals surface area contributed by atoms with E-state index in [1.807, 2.05) is 24.5 Å². The molecule has 8 nitrogen and oxygen atoms in total. The highest BCUT2D eigenvalue weighted by molar-refractivity contribution is 8.18. The molecular weight excluding hydrogens is 460 g/mol. The molecular formula is C26H26N6O2S. The summed E-state index contributed by atoms with van der Waals surface area (Å²) in [6, 6.07) is 15.1. The van der Waals surface area contributed by atoms with E-state index in [4.69, 9.17) is 0 Å². The van der Waals surface area contributed by atoms with Gasteiger partial charge in [-0.05, 0) is 78.4 Å². The van der Waals surface area contributed by atoms with E-state index in [2.05, 4.69) is 55.2 Å². The third-order valence-electron chi connectivity index (χ3n) is 6.25. The van der Waals surface area contributed by atoms with Gasteiger partial charge in [0.1, 0.15) is 0 Å². The summed E-state index contributed by atoms with van der Waals surface area (Å²) in [6.07, 6.45) is 11.1. The van der Waals surface area contributed by atoms with Gasteiger partial charge in [-0.2, -0.15) is 0 Å². The molecule has 3 N–H and O–H groups in total. The fourth-order valence-electron chi connectivity index (χ4n) is 4.44. The first-order valence-electron chi connectivity index (χ1n) is 11.7. The SMILES string of the molecule is O=C1NC(=O)/C(=C\c2ccnc(NC3CCC(NCc4ccccc4-c4ccncc4)CC3)n2)S1. The number of benzene rings is 1. The van der Waals surface area contributed by atoms with Crippen LogP contribution in [0.15, 0.2) is 66.0 Å². The van der Waals surface area contributed by atoms with Crippen LogP contribution in [-0.2, 0) is 11.3 Å². The highest BCUT2D eigenvalue weighted by atomic mass is 32.2. The minimum atomic E-state index is -0.387.